The summed E-state index contributed by atoms with van der Waals surface area (Å²) in [6, 6.07) is 7.45. The molecule has 0 aromatic heterocycles. The molecule has 2 aromatic carbocycles. The fraction of sp³-hybridized carbons (Fsp3) is 0.235. The van der Waals surface area contributed by atoms with E-state index < -0.39 is 30.1 Å². The van der Waals surface area contributed by atoms with E-state index in [4.69, 9.17) is 21.5 Å². The van der Waals surface area contributed by atoms with Gasteiger partial charge in [0.25, 0.3) is 0 Å². The summed E-state index contributed by atoms with van der Waals surface area (Å²) in [5, 5.41) is 12.3. The van der Waals surface area contributed by atoms with E-state index in [9.17, 15) is 26.3 Å². The highest BCUT2D eigenvalue weighted by atomic mass is 35.5. The highest BCUT2D eigenvalue weighted by Gasteiger charge is 2.36. The number of nitrogens with zero attached hydrogens (tertiary/aromatic N) is 1. The summed E-state index contributed by atoms with van der Waals surface area (Å²) < 4.78 is 82.1. The van der Waals surface area contributed by atoms with Crippen molar-refractivity contribution in [1.82, 2.24) is 0 Å². The van der Waals surface area contributed by atoms with Crippen molar-refractivity contribution in [1.29, 1.82) is 0 Å². The Morgan fingerprint density at radius 1 is 0.963 bits per heavy atom. The minimum absolute atomic E-state index is 0.0244. The van der Waals surface area contributed by atoms with E-state index in [1.165, 1.54) is 12.1 Å². The largest absolute Gasteiger partial charge is 0.416 e. The van der Waals surface area contributed by atoms with Crippen LogP contribution in [0.25, 0.3) is 0 Å². The van der Waals surface area contributed by atoms with E-state index in [2.05, 4.69) is 5.16 Å². The molecule has 0 amide bonds. The lowest BCUT2D eigenvalue weighted by atomic mass is 10.1. The van der Waals surface area contributed by atoms with Gasteiger partial charge in [-0.3, -0.25) is 0 Å². The molecule has 0 aliphatic carbocycles. The topological polar surface area (TPSA) is 41.8 Å². The van der Waals surface area contributed by atoms with Crippen LogP contribution in [0.15, 0.2) is 47.6 Å². The van der Waals surface area contributed by atoms with Crippen molar-refractivity contribution in [3.63, 3.8) is 0 Å². The van der Waals surface area contributed by atoms with Gasteiger partial charge in [0, 0.05) is 10.6 Å². The summed E-state index contributed by atoms with van der Waals surface area (Å²) in [6.45, 7) is -0.936. The van der Waals surface area contributed by atoms with Crippen molar-refractivity contribution in [3.05, 3.63) is 69.7 Å². The quantitative estimate of drug-likeness (QED) is 0.293. The van der Waals surface area contributed by atoms with Gasteiger partial charge in [-0.05, 0) is 29.8 Å². The van der Waals surface area contributed by atoms with Crippen molar-refractivity contribution in [2.75, 3.05) is 6.61 Å². The Bertz CT molecular complexity index is 801. The maximum atomic E-state index is 12.8. The van der Waals surface area contributed by atoms with Crippen LogP contribution in [0.3, 0.4) is 0 Å². The SMILES string of the molecule is ON=C(COCc1cc(C(F)(F)F)cc(C(F)(F)F)c1)c1ccccc1Cl. The van der Waals surface area contributed by atoms with Crippen molar-refractivity contribution in [2.24, 2.45) is 5.16 Å². The van der Waals surface area contributed by atoms with Gasteiger partial charge in [0.2, 0.25) is 0 Å². The maximum Gasteiger partial charge on any atom is 0.416 e. The summed E-state index contributed by atoms with van der Waals surface area (Å²) >= 11 is 5.94. The van der Waals surface area contributed by atoms with E-state index in [0.717, 1.165) is 0 Å². The zero-order chi connectivity index (χ0) is 20.2. The molecular formula is C17H12ClF6NO2. The first-order valence-corrected chi connectivity index (χ1v) is 7.72. The summed E-state index contributed by atoms with van der Waals surface area (Å²) in [7, 11) is 0. The standard InChI is InChI=1S/C17H12ClF6NO2/c18-14-4-2-1-3-13(14)15(25-26)9-27-8-10-5-11(16(19,20)21)7-12(6-10)17(22,23)24/h1-7,26H,8-9H2. The van der Waals surface area contributed by atoms with Gasteiger partial charge in [0.1, 0.15) is 5.71 Å². The third kappa shape index (κ3) is 5.61. The summed E-state index contributed by atoms with van der Waals surface area (Å²) in [4.78, 5) is 0. The molecule has 0 aliphatic rings. The Kier molecular flexibility index (Phi) is 6.38. The van der Waals surface area contributed by atoms with E-state index in [-0.39, 0.29) is 29.0 Å². The zero-order valence-electron chi connectivity index (χ0n) is 13.4. The molecule has 0 atom stereocenters. The van der Waals surface area contributed by atoms with Crippen LogP contribution < -0.4 is 0 Å². The molecule has 0 unspecified atom stereocenters. The second-order valence-corrected chi connectivity index (χ2v) is 5.84. The molecule has 0 aliphatic heterocycles. The lowest BCUT2D eigenvalue weighted by molar-refractivity contribution is -0.143. The van der Waals surface area contributed by atoms with Crippen molar-refractivity contribution in [3.8, 4) is 0 Å². The van der Waals surface area contributed by atoms with Gasteiger partial charge in [-0.15, -0.1) is 0 Å². The Labute approximate surface area is 154 Å². The van der Waals surface area contributed by atoms with Gasteiger partial charge in [-0.2, -0.15) is 26.3 Å². The van der Waals surface area contributed by atoms with Gasteiger partial charge in [-0.1, -0.05) is 35.0 Å². The van der Waals surface area contributed by atoms with Crippen LogP contribution in [0.1, 0.15) is 22.3 Å². The number of halogens is 7. The van der Waals surface area contributed by atoms with Crippen LogP contribution in [0.2, 0.25) is 5.02 Å². The minimum Gasteiger partial charge on any atom is -0.411 e. The highest BCUT2D eigenvalue weighted by Crippen LogP contribution is 2.36. The number of rotatable bonds is 5. The molecule has 0 saturated carbocycles. The molecule has 1 N–H and O–H groups in total. The summed E-state index contributed by atoms with van der Waals surface area (Å²) in [6.07, 6.45) is -9.88. The first kappa shape index (κ1) is 21.0. The van der Waals surface area contributed by atoms with Crippen LogP contribution in [-0.2, 0) is 23.7 Å². The fourth-order valence-corrected chi connectivity index (χ4v) is 2.47. The van der Waals surface area contributed by atoms with Crippen molar-refractivity contribution < 1.29 is 36.3 Å². The van der Waals surface area contributed by atoms with E-state index >= 15 is 0 Å². The molecule has 2 rings (SSSR count). The first-order chi connectivity index (χ1) is 12.5. The van der Waals surface area contributed by atoms with Crippen LogP contribution in [0.4, 0.5) is 26.3 Å². The summed E-state index contributed by atoms with van der Waals surface area (Å²) in [5.74, 6) is 0. The van der Waals surface area contributed by atoms with E-state index in [1.807, 2.05) is 0 Å². The van der Waals surface area contributed by atoms with Gasteiger partial charge in [0.05, 0.1) is 24.3 Å². The normalized spacial score (nSPS) is 13.1. The Morgan fingerprint density at radius 3 is 2.00 bits per heavy atom. The molecule has 146 valence electrons. The summed E-state index contributed by atoms with van der Waals surface area (Å²) in [5.41, 5.74) is -2.89. The average molecular weight is 412 g/mol. The number of benzene rings is 2. The first-order valence-electron chi connectivity index (χ1n) is 7.34. The molecule has 0 bridgehead atoms. The van der Waals surface area contributed by atoms with Gasteiger partial charge in [0.15, 0.2) is 0 Å². The Balaban J connectivity index is 2.19. The third-order valence-corrected chi connectivity index (χ3v) is 3.79. The predicted molar refractivity (Wildman–Crippen MR) is 85.9 cm³/mol. The molecule has 0 saturated heterocycles. The van der Waals surface area contributed by atoms with Crippen LogP contribution >= 0.6 is 11.6 Å². The molecule has 0 heterocycles. The molecule has 2 aromatic rings. The lowest BCUT2D eigenvalue weighted by Gasteiger charge is -2.14. The van der Waals surface area contributed by atoms with Crippen LogP contribution in [0.5, 0.6) is 0 Å². The van der Waals surface area contributed by atoms with E-state index in [1.54, 1.807) is 12.1 Å². The molecular weight excluding hydrogens is 400 g/mol. The monoisotopic (exact) mass is 411 g/mol. The molecule has 0 radical (unpaired) electrons. The van der Waals surface area contributed by atoms with Crippen LogP contribution in [0, 0.1) is 0 Å². The highest BCUT2D eigenvalue weighted by molar-refractivity contribution is 6.34. The van der Waals surface area contributed by atoms with Gasteiger partial charge >= 0.3 is 12.4 Å². The smallest absolute Gasteiger partial charge is 0.411 e. The van der Waals surface area contributed by atoms with Crippen molar-refractivity contribution >= 4 is 17.3 Å². The second kappa shape index (κ2) is 8.18. The Morgan fingerprint density at radius 2 is 1.52 bits per heavy atom. The van der Waals surface area contributed by atoms with Crippen molar-refractivity contribution in [2.45, 2.75) is 19.0 Å². The molecule has 0 spiro atoms. The number of hydrogen-bond acceptors (Lipinski definition) is 3. The fourth-order valence-electron chi connectivity index (χ4n) is 2.22. The third-order valence-electron chi connectivity index (χ3n) is 3.46. The number of oxime groups is 1. The van der Waals surface area contributed by atoms with Gasteiger partial charge < -0.3 is 9.94 Å². The number of hydrogen-bond donors (Lipinski definition) is 1. The van der Waals surface area contributed by atoms with E-state index in [0.29, 0.717) is 17.7 Å². The average Bonchev–Trinajstić information content (AvgIpc) is 2.58. The molecule has 27 heavy (non-hydrogen) atoms. The number of alkyl halides is 6. The minimum atomic E-state index is -4.94. The zero-order valence-corrected chi connectivity index (χ0v) is 14.2. The number of ether oxygens (including phenoxy) is 1. The van der Waals surface area contributed by atoms with Crippen LogP contribution in [-0.4, -0.2) is 17.5 Å². The molecule has 0 fully saturated rings. The van der Waals surface area contributed by atoms with Gasteiger partial charge in [-0.25, -0.2) is 0 Å². The maximum absolute atomic E-state index is 12.8. The second-order valence-electron chi connectivity index (χ2n) is 5.43. The molecule has 10 heteroatoms. The Hall–Kier alpha value is -2.26. The molecule has 3 nitrogen and oxygen atoms in total. The predicted octanol–water partition coefficient (Wildman–Crippen LogP) is 5.77. The lowest BCUT2D eigenvalue weighted by Crippen LogP contribution is -2.14.